The minimum Gasteiger partial charge on any atom is -0.438 e. The van der Waals surface area contributed by atoms with Crippen LogP contribution in [0.3, 0.4) is 0 Å². The van der Waals surface area contributed by atoms with E-state index in [1.54, 1.807) is 29.9 Å². The van der Waals surface area contributed by atoms with Crippen molar-refractivity contribution in [2.75, 3.05) is 7.05 Å². The van der Waals surface area contributed by atoms with E-state index in [0.29, 0.717) is 5.88 Å². The lowest BCUT2D eigenvalue weighted by Gasteiger charge is -2.15. The van der Waals surface area contributed by atoms with Crippen molar-refractivity contribution in [1.82, 2.24) is 19.9 Å². The molecule has 0 aliphatic rings. The van der Waals surface area contributed by atoms with E-state index in [2.05, 4.69) is 39.0 Å². The quantitative estimate of drug-likeness (QED) is 0.698. The van der Waals surface area contributed by atoms with Gasteiger partial charge in [-0.2, -0.15) is 0 Å². The van der Waals surface area contributed by atoms with E-state index >= 15 is 0 Å². The molecule has 2 heterocycles. The molecule has 0 bridgehead atoms. The molecule has 112 valence electrons. The lowest BCUT2D eigenvalue weighted by molar-refractivity contribution is 0.318. The number of benzene rings is 1. The van der Waals surface area contributed by atoms with Crippen molar-refractivity contribution in [2.45, 2.75) is 13.1 Å². The van der Waals surface area contributed by atoms with Crippen molar-refractivity contribution in [3.05, 3.63) is 65.0 Å². The summed E-state index contributed by atoms with van der Waals surface area (Å²) in [6, 6.07) is 8.01. The minimum absolute atomic E-state index is 0.496. The third kappa shape index (κ3) is 4.09. The number of rotatable bonds is 6. The van der Waals surface area contributed by atoms with Crippen molar-refractivity contribution >= 4 is 11.3 Å². The van der Waals surface area contributed by atoms with Gasteiger partial charge in [0.05, 0.1) is 12.7 Å². The first-order chi connectivity index (χ1) is 10.8. The minimum atomic E-state index is 0.496. The lowest BCUT2D eigenvalue weighted by Crippen LogP contribution is -2.16. The first kappa shape index (κ1) is 14.6. The van der Waals surface area contributed by atoms with Crippen LogP contribution >= 0.6 is 11.3 Å². The van der Waals surface area contributed by atoms with Crippen molar-refractivity contribution < 1.29 is 4.74 Å². The predicted octanol–water partition coefficient (Wildman–Crippen LogP) is 3.36. The zero-order chi connectivity index (χ0) is 15.2. The van der Waals surface area contributed by atoms with E-state index in [1.807, 2.05) is 23.7 Å². The van der Waals surface area contributed by atoms with E-state index in [4.69, 9.17) is 4.74 Å². The molecular weight excluding hydrogens is 296 g/mol. The summed E-state index contributed by atoms with van der Waals surface area (Å²) in [5.74, 6) is 1.25. The van der Waals surface area contributed by atoms with Crippen LogP contribution in [0.15, 0.2) is 54.4 Å². The summed E-state index contributed by atoms with van der Waals surface area (Å²) in [5.41, 5.74) is 1.23. The molecule has 3 rings (SSSR count). The smallest absolute Gasteiger partial charge is 0.237 e. The van der Waals surface area contributed by atoms with E-state index in [9.17, 15) is 0 Å². The van der Waals surface area contributed by atoms with Crippen LogP contribution in [-0.4, -0.2) is 26.9 Å². The fourth-order valence-electron chi connectivity index (χ4n) is 2.05. The Morgan fingerprint density at radius 1 is 1.05 bits per heavy atom. The zero-order valence-electron chi connectivity index (χ0n) is 12.2. The van der Waals surface area contributed by atoms with E-state index in [1.165, 1.54) is 5.56 Å². The molecule has 0 aliphatic heterocycles. The van der Waals surface area contributed by atoms with Crippen molar-refractivity contribution in [3.63, 3.8) is 0 Å². The summed E-state index contributed by atoms with van der Waals surface area (Å²) in [4.78, 5) is 14.6. The molecule has 0 spiro atoms. The SMILES string of the molecule is CN(Cc1ccc(Oc2cnccn2)cc1)Cc1nccs1. The average molecular weight is 312 g/mol. The van der Waals surface area contributed by atoms with Gasteiger partial charge in [-0.15, -0.1) is 11.3 Å². The predicted molar refractivity (Wildman–Crippen MR) is 85.8 cm³/mol. The lowest BCUT2D eigenvalue weighted by atomic mass is 10.2. The van der Waals surface area contributed by atoms with Crippen LogP contribution < -0.4 is 4.74 Å². The molecule has 6 heteroatoms. The molecule has 0 aliphatic carbocycles. The number of hydrogen-bond donors (Lipinski definition) is 0. The second-order valence-corrected chi connectivity index (χ2v) is 5.87. The molecule has 22 heavy (non-hydrogen) atoms. The highest BCUT2D eigenvalue weighted by Crippen LogP contribution is 2.19. The van der Waals surface area contributed by atoms with E-state index in [0.717, 1.165) is 23.8 Å². The van der Waals surface area contributed by atoms with Gasteiger partial charge >= 0.3 is 0 Å². The van der Waals surface area contributed by atoms with Crippen LogP contribution in [0.2, 0.25) is 0 Å². The highest BCUT2D eigenvalue weighted by atomic mass is 32.1. The maximum atomic E-state index is 5.63. The van der Waals surface area contributed by atoms with Gasteiger partial charge in [-0.05, 0) is 24.7 Å². The Morgan fingerprint density at radius 2 is 1.91 bits per heavy atom. The Kier molecular flexibility index (Phi) is 4.72. The average Bonchev–Trinajstić information content (AvgIpc) is 3.03. The van der Waals surface area contributed by atoms with Crippen LogP contribution in [0.25, 0.3) is 0 Å². The van der Waals surface area contributed by atoms with Crippen LogP contribution in [-0.2, 0) is 13.1 Å². The summed E-state index contributed by atoms with van der Waals surface area (Å²) in [7, 11) is 2.09. The molecule has 0 unspecified atom stereocenters. The van der Waals surface area contributed by atoms with Gasteiger partial charge in [0.25, 0.3) is 0 Å². The molecule has 5 nitrogen and oxygen atoms in total. The number of hydrogen-bond acceptors (Lipinski definition) is 6. The Labute approximate surface area is 133 Å². The molecule has 0 saturated heterocycles. The third-order valence-electron chi connectivity index (χ3n) is 3.03. The van der Waals surface area contributed by atoms with Gasteiger partial charge in [0.1, 0.15) is 10.8 Å². The van der Waals surface area contributed by atoms with Gasteiger partial charge in [-0.25, -0.2) is 9.97 Å². The van der Waals surface area contributed by atoms with Crippen molar-refractivity contribution in [3.8, 4) is 11.6 Å². The molecule has 0 N–H and O–H groups in total. The van der Waals surface area contributed by atoms with Crippen molar-refractivity contribution in [1.29, 1.82) is 0 Å². The molecule has 0 atom stereocenters. The summed E-state index contributed by atoms with van der Waals surface area (Å²) in [6.07, 6.45) is 6.66. The fourth-order valence-corrected chi connectivity index (χ4v) is 2.75. The van der Waals surface area contributed by atoms with Gasteiger partial charge in [0.2, 0.25) is 5.88 Å². The maximum absolute atomic E-state index is 5.63. The third-order valence-corrected chi connectivity index (χ3v) is 3.79. The van der Waals surface area contributed by atoms with Gasteiger partial charge < -0.3 is 4.74 Å². The van der Waals surface area contributed by atoms with Crippen LogP contribution in [0.1, 0.15) is 10.6 Å². The summed E-state index contributed by atoms with van der Waals surface area (Å²) in [5, 5.41) is 3.13. The van der Waals surface area contributed by atoms with Gasteiger partial charge in [0.15, 0.2) is 0 Å². The normalized spacial score (nSPS) is 10.8. The highest BCUT2D eigenvalue weighted by Gasteiger charge is 2.04. The van der Waals surface area contributed by atoms with Gasteiger partial charge in [0, 0.05) is 30.5 Å². The first-order valence-electron chi connectivity index (χ1n) is 6.89. The second kappa shape index (κ2) is 7.11. The standard InChI is InChI=1S/C16H16N4OS/c1-20(12-16-19-8-9-22-16)11-13-2-4-14(5-3-13)21-15-10-17-6-7-18-15/h2-10H,11-12H2,1H3. The van der Waals surface area contributed by atoms with Crippen LogP contribution in [0.4, 0.5) is 0 Å². The topological polar surface area (TPSA) is 51.1 Å². The monoisotopic (exact) mass is 312 g/mol. The Bertz CT molecular complexity index is 686. The Morgan fingerprint density at radius 3 is 2.59 bits per heavy atom. The van der Waals surface area contributed by atoms with Gasteiger partial charge in [-0.1, -0.05) is 12.1 Å². The Hall–Kier alpha value is -2.31. The molecule has 0 fully saturated rings. The number of nitrogens with zero attached hydrogens (tertiary/aromatic N) is 4. The molecule has 3 aromatic rings. The molecular formula is C16H16N4OS. The van der Waals surface area contributed by atoms with Crippen LogP contribution in [0, 0.1) is 0 Å². The second-order valence-electron chi connectivity index (χ2n) is 4.89. The fraction of sp³-hybridized carbons (Fsp3) is 0.188. The number of aromatic nitrogens is 3. The van der Waals surface area contributed by atoms with Crippen LogP contribution in [0.5, 0.6) is 11.6 Å². The highest BCUT2D eigenvalue weighted by molar-refractivity contribution is 7.09. The van der Waals surface area contributed by atoms with Gasteiger partial charge in [-0.3, -0.25) is 9.88 Å². The molecule has 0 radical (unpaired) electrons. The summed E-state index contributed by atoms with van der Waals surface area (Å²) >= 11 is 1.68. The summed E-state index contributed by atoms with van der Waals surface area (Å²) in [6.45, 7) is 1.72. The molecule has 1 aromatic carbocycles. The van der Waals surface area contributed by atoms with Crippen molar-refractivity contribution in [2.24, 2.45) is 0 Å². The molecule has 0 saturated carbocycles. The Balaban J connectivity index is 1.57. The maximum Gasteiger partial charge on any atom is 0.237 e. The first-order valence-corrected chi connectivity index (χ1v) is 7.77. The van der Waals surface area contributed by atoms with E-state index < -0.39 is 0 Å². The number of ether oxygens (including phenoxy) is 1. The summed E-state index contributed by atoms with van der Waals surface area (Å²) < 4.78 is 5.63. The molecule has 0 amide bonds. The van der Waals surface area contributed by atoms with E-state index in [-0.39, 0.29) is 0 Å². The molecule has 2 aromatic heterocycles. The number of thiazole rings is 1. The zero-order valence-corrected chi connectivity index (χ0v) is 13.0. The largest absolute Gasteiger partial charge is 0.438 e.